The fraction of sp³-hybridized carbons (Fsp3) is 0.857. The molecule has 0 spiro atoms. The number of carbonyl (C=O) groups excluding carboxylic acids is 1. The van der Waals surface area contributed by atoms with Crippen molar-refractivity contribution in [2.75, 3.05) is 40.3 Å². The Hall–Kier alpha value is -0.810. The molecule has 1 aliphatic heterocycles. The monoisotopic (exact) mass is 172 g/mol. The van der Waals surface area contributed by atoms with Crippen molar-refractivity contribution in [2.24, 2.45) is 5.84 Å². The molecular formula is C7H16N4O. The molecule has 0 aromatic rings. The standard InChI is InChI=1S/C7H16N4O/c1-9(2)3-4-10-5-6-11(8)7(10)12/h3-6,8H2,1-2H3. The molecule has 0 unspecified atom stereocenters. The van der Waals surface area contributed by atoms with Gasteiger partial charge in [-0.2, -0.15) is 0 Å². The first kappa shape index (κ1) is 9.28. The Labute approximate surface area is 72.7 Å². The maximum atomic E-state index is 11.2. The smallest absolute Gasteiger partial charge is 0.320 e. The van der Waals surface area contributed by atoms with E-state index in [1.54, 1.807) is 4.90 Å². The van der Waals surface area contributed by atoms with E-state index in [0.29, 0.717) is 6.54 Å². The van der Waals surface area contributed by atoms with Gasteiger partial charge in [0, 0.05) is 19.6 Å². The van der Waals surface area contributed by atoms with Crippen molar-refractivity contribution in [3.8, 4) is 0 Å². The number of nitrogens with two attached hydrogens (primary N) is 1. The van der Waals surface area contributed by atoms with Crippen LogP contribution >= 0.6 is 0 Å². The number of hydrazine groups is 1. The summed E-state index contributed by atoms with van der Waals surface area (Å²) < 4.78 is 0. The molecule has 12 heavy (non-hydrogen) atoms. The number of urea groups is 1. The normalized spacial score (nSPS) is 18.2. The van der Waals surface area contributed by atoms with Crippen molar-refractivity contribution in [3.05, 3.63) is 0 Å². The second-order valence-electron chi connectivity index (χ2n) is 3.27. The highest BCUT2D eigenvalue weighted by Gasteiger charge is 2.25. The number of amides is 2. The topological polar surface area (TPSA) is 52.8 Å². The van der Waals surface area contributed by atoms with E-state index in [0.717, 1.165) is 19.6 Å². The Morgan fingerprint density at radius 3 is 2.58 bits per heavy atom. The summed E-state index contributed by atoms with van der Waals surface area (Å²) in [4.78, 5) is 15.0. The zero-order chi connectivity index (χ0) is 9.14. The van der Waals surface area contributed by atoms with Crippen LogP contribution in [0.1, 0.15) is 0 Å². The maximum Gasteiger partial charge on any atom is 0.334 e. The zero-order valence-corrected chi connectivity index (χ0v) is 7.66. The number of rotatable bonds is 3. The Morgan fingerprint density at radius 1 is 1.50 bits per heavy atom. The van der Waals surface area contributed by atoms with Crippen molar-refractivity contribution in [2.45, 2.75) is 0 Å². The summed E-state index contributed by atoms with van der Waals surface area (Å²) in [5.74, 6) is 5.40. The van der Waals surface area contributed by atoms with Crippen LogP contribution in [0.3, 0.4) is 0 Å². The highest BCUT2D eigenvalue weighted by atomic mass is 16.2. The van der Waals surface area contributed by atoms with Crippen LogP contribution in [0.5, 0.6) is 0 Å². The van der Waals surface area contributed by atoms with Crippen LogP contribution in [0.4, 0.5) is 4.79 Å². The summed E-state index contributed by atoms with van der Waals surface area (Å²) in [5, 5.41) is 1.26. The predicted molar refractivity (Wildman–Crippen MR) is 46.4 cm³/mol. The molecule has 2 N–H and O–H groups in total. The lowest BCUT2D eigenvalue weighted by atomic mass is 10.5. The number of carbonyl (C=O) groups is 1. The maximum absolute atomic E-state index is 11.2. The Kier molecular flexibility index (Phi) is 2.88. The van der Waals surface area contributed by atoms with Gasteiger partial charge < -0.3 is 9.80 Å². The lowest BCUT2D eigenvalue weighted by molar-refractivity contribution is 0.189. The first-order valence-corrected chi connectivity index (χ1v) is 4.07. The van der Waals surface area contributed by atoms with Crippen LogP contribution in [-0.4, -0.2) is 61.1 Å². The van der Waals surface area contributed by atoms with Gasteiger partial charge in [0.2, 0.25) is 0 Å². The van der Waals surface area contributed by atoms with E-state index in [2.05, 4.69) is 0 Å². The third-order valence-corrected chi connectivity index (χ3v) is 1.94. The molecule has 70 valence electrons. The van der Waals surface area contributed by atoms with Crippen LogP contribution < -0.4 is 5.84 Å². The molecule has 0 aromatic carbocycles. The van der Waals surface area contributed by atoms with Crippen molar-refractivity contribution >= 4 is 6.03 Å². The van der Waals surface area contributed by atoms with Crippen molar-refractivity contribution in [1.29, 1.82) is 0 Å². The SMILES string of the molecule is CN(C)CCN1CCN(N)C1=O. The van der Waals surface area contributed by atoms with E-state index in [9.17, 15) is 4.79 Å². The molecule has 2 amide bonds. The van der Waals surface area contributed by atoms with Crippen LogP contribution in [-0.2, 0) is 0 Å². The van der Waals surface area contributed by atoms with Crippen LogP contribution in [0.15, 0.2) is 0 Å². The molecule has 0 saturated carbocycles. The highest BCUT2D eigenvalue weighted by Crippen LogP contribution is 2.02. The van der Waals surface area contributed by atoms with E-state index >= 15 is 0 Å². The van der Waals surface area contributed by atoms with E-state index in [1.807, 2.05) is 19.0 Å². The molecule has 0 aromatic heterocycles. The van der Waals surface area contributed by atoms with Gasteiger partial charge in [0.25, 0.3) is 0 Å². The first-order valence-electron chi connectivity index (χ1n) is 4.07. The number of nitrogens with zero attached hydrogens (tertiary/aromatic N) is 3. The van der Waals surface area contributed by atoms with Crippen molar-refractivity contribution in [1.82, 2.24) is 14.8 Å². The number of likely N-dealkylation sites (N-methyl/N-ethyl adjacent to an activating group) is 1. The van der Waals surface area contributed by atoms with E-state index < -0.39 is 0 Å². The average molecular weight is 172 g/mol. The van der Waals surface area contributed by atoms with Gasteiger partial charge in [0.05, 0.1) is 6.54 Å². The molecule has 5 heteroatoms. The Balaban J connectivity index is 2.30. The van der Waals surface area contributed by atoms with E-state index in [4.69, 9.17) is 5.84 Å². The molecule has 1 heterocycles. The lowest BCUT2D eigenvalue weighted by Crippen LogP contribution is -2.38. The molecule has 0 aliphatic carbocycles. The van der Waals surface area contributed by atoms with E-state index in [-0.39, 0.29) is 6.03 Å². The Morgan fingerprint density at radius 2 is 2.17 bits per heavy atom. The highest BCUT2D eigenvalue weighted by molar-refractivity contribution is 5.75. The van der Waals surface area contributed by atoms with Gasteiger partial charge >= 0.3 is 6.03 Å². The summed E-state index contributed by atoms with van der Waals surface area (Å²) in [5.41, 5.74) is 0. The average Bonchev–Trinajstić information content (AvgIpc) is 2.30. The lowest BCUT2D eigenvalue weighted by Gasteiger charge is -2.18. The van der Waals surface area contributed by atoms with Gasteiger partial charge in [-0.05, 0) is 14.1 Å². The van der Waals surface area contributed by atoms with Crippen LogP contribution in [0, 0.1) is 0 Å². The number of hydrogen-bond donors (Lipinski definition) is 1. The summed E-state index contributed by atoms with van der Waals surface area (Å²) >= 11 is 0. The predicted octanol–water partition coefficient (Wildman–Crippen LogP) is -0.841. The number of hydrogen-bond acceptors (Lipinski definition) is 3. The molecule has 0 atom stereocenters. The van der Waals surface area contributed by atoms with E-state index in [1.165, 1.54) is 5.01 Å². The summed E-state index contributed by atoms with van der Waals surface area (Å²) in [6.45, 7) is 3.05. The van der Waals surface area contributed by atoms with Crippen molar-refractivity contribution < 1.29 is 4.79 Å². The third-order valence-electron chi connectivity index (χ3n) is 1.94. The van der Waals surface area contributed by atoms with Crippen LogP contribution in [0.2, 0.25) is 0 Å². The summed E-state index contributed by atoms with van der Waals surface area (Å²) in [7, 11) is 3.97. The minimum Gasteiger partial charge on any atom is -0.320 e. The zero-order valence-electron chi connectivity index (χ0n) is 7.66. The van der Waals surface area contributed by atoms with Gasteiger partial charge in [-0.15, -0.1) is 0 Å². The van der Waals surface area contributed by atoms with Crippen molar-refractivity contribution in [3.63, 3.8) is 0 Å². The molecule has 5 nitrogen and oxygen atoms in total. The van der Waals surface area contributed by atoms with Gasteiger partial charge in [0.1, 0.15) is 0 Å². The molecular weight excluding hydrogens is 156 g/mol. The molecule has 1 saturated heterocycles. The Bertz CT molecular complexity index is 171. The fourth-order valence-electron chi connectivity index (χ4n) is 1.13. The van der Waals surface area contributed by atoms with Gasteiger partial charge in [-0.1, -0.05) is 0 Å². The first-order chi connectivity index (χ1) is 5.61. The van der Waals surface area contributed by atoms with Crippen LogP contribution in [0.25, 0.3) is 0 Å². The quantitative estimate of drug-likeness (QED) is 0.446. The van der Waals surface area contributed by atoms with Gasteiger partial charge in [0.15, 0.2) is 0 Å². The largest absolute Gasteiger partial charge is 0.334 e. The third kappa shape index (κ3) is 2.09. The molecule has 0 radical (unpaired) electrons. The van der Waals surface area contributed by atoms with Gasteiger partial charge in [-0.25, -0.2) is 10.6 Å². The minimum atomic E-state index is -0.0585. The fourth-order valence-corrected chi connectivity index (χ4v) is 1.13. The van der Waals surface area contributed by atoms with Gasteiger partial charge in [-0.3, -0.25) is 5.01 Å². The summed E-state index contributed by atoms with van der Waals surface area (Å²) in [6, 6.07) is -0.0585. The minimum absolute atomic E-state index is 0.0585. The molecule has 1 rings (SSSR count). The second-order valence-corrected chi connectivity index (χ2v) is 3.27. The second kappa shape index (κ2) is 3.73. The molecule has 1 fully saturated rings. The molecule has 1 aliphatic rings. The molecule has 0 bridgehead atoms. The summed E-state index contributed by atoms with van der Waals surface area (Å²) in [6.07, 6.45) is 0.